The summed E-state index contributed by atoms with van der Waals surface area (Å²) in [7, 11) is -1.27. The minimum Gasteiger partial charge on any atom is -0.399 e. The highest BCUT2D eigenvalue weighted by atomic mass is 32.2. The summed E-state index contributed by atoms with van der Waals surface area (Å²) >= 11 is 0. The van der Waals surface area contributed by atoms with Gasteiger partial charge in [-0.1, -0.05) is 19.1 Å². The number of hydrogen-bond donors (Lipinski definition) is 0. The van der Waals surface area contributed by atoms with Crippen LogP contribution >= 0.6 is 0 Å². The largest absolute Gasteiger partial charge is 0.494 e. The van der Waals surface area contributed by atoms with Crippen LogP contribution in [-0.4, -0.2) is 28.3 Å². The van der Waals surface area contributed by atoms with E-state index in [4.69, 9.17) is 9.31 Å². The van der Waals surface area contributed by atoms with Crippen molar-refractivity contribution >= 4 is 23.4 Å². The predicted octanol–water partition coefficient (Wildman–Crippen LogP) is 2.11. The Bertz CT molecular complexity index is 466. The Labute approximate surface area is 118 Å². The van der Waals surface area contributed by atoms with Gasteiger partial charge in [0.1, 0.15) is 0 Å². The molecule has 0 bridgehead atoms. The summed E-state index contributed by atoms with van der Waals surface area (Å²) in [5.74, 6) is 0.635. The highest BCUT2D eigenvalue weighted by Gasteiger charge is 2.51. The highest BCUT2D eigenvalue weighted by Crippen LogP contribution is 2.36. The van der Waals surface area contributed by atoms with Crippen LogP contribution in [0, 0.1) is 0 Å². The van der Waals surface area contributed by atoms with Crippen LogP contribution in [0.5, 0.6) is 0 Å². The molecule has 0 aromatic heterocycles. The van der Waals surface area contributed by atoms with Crippen molar-refractivity contribution in [3.63, 3.8) is 0 Å². The molecule has 1 atom stereocenters. The summed E-state index contributed by atoms with van der Waals surface area (Å²) < 4.78 is 23.7. The predicted molar refractivity (Wildman–Crippen MR) is 79.1 cm³/mol. The van der Waals surface area contributed by atoms with Crippen molar-refractivity contribution in [1.29, 1.82) is 0 Å². The Balaban J connectivity index is 2.19. The fourth-order valence-corrected chi connectivity index (χ4v) is 2.70. The third kappa shape index (κ3) is 2.78. The second kappa shape index (κ2) is 5.04. The van der Waals surface area contributed by atoms with Crippen molar-refractivity contribution in [3.8, 4) is 0 Å². The Hall–Kier alpha value is -0.645. The van der Waals surface area contributed by atoms with Crippen molar-refractivity contribution in [2.45, 2.75) is 50.7 Å². The third-order valence-electron chi connectivity index (χ3n) is 3.93. The van der Waals surface area contributed by atoms with E-state index < -0.39 is 10.8 Å². The molecule has 2 rings (SSSR count). The SMILES string of the molecule is CCS(=O)c1ccc(B2OC(C)(C)C(C)(C)O2)cc1. The molecule has 104 valence electrons. The average Bonchev–Trinajstić information content (AvgIpc) is 2.58. The van der Waals surface area contributed by atoms with Crippen molar-refractivity contribution in [2.24, 2.45) is 0 Å². The lowest BCUT2D eigenvalue weighted by Gasteiger charge is -2.32. The molecule has 0 spiro atoms. The van der Waals surface area contributed by atoms with Gasteiger partial charge in [-0.15, -0.1) is 0 Å². The van der Waals surface area contributed by atoms with Gasteiger partial charge in [-0.05, 0) is 45.3 Å². The van der Waals surface area contributed by atoms with Crippen molar-refractivity contribution < 1.29 is 13.5 Å². The maximum Gasteiger partial charge on any atom is 0.494 e. The van der Waals surface area contributed by atoms with Gasteiger partial charge in [0.05, 0.1) is 22.0 Å². The molecular formula is C14H21BO3S. The van der Waals surface area contributed by atoms with Crippen LogP contribution in [0.15, 0.2) is 29.2 Å². The molecular weight excluding hydrogens is 259 g/mol. The van der Waals surface area contributed by atoms with Gasteiger partial charge in [0, 0.05) is 10.6 Å². The van der Waals surface area contributed by atoms with Gasteiger partial charge in [-0.2, -0.15) is 0 Å². The Kier molecular flexibility index (Phi) is 3.91. The lowest BCUT2D eigenvalue weighted by atomic mass is 9.79. The minimum absolute atomic E-state index is 0.331. The lowest BCUT2D eigenvalue weighted by Crippen LogP contribution is -2.41. The first-order chi connectivity index (χ1) is 8.77. The summed E-state index contributed by atoms with van der Waals surface area (Å²) in [6.07, 6.45) is 0. The number of rotatable bonds is 3. The van der Waals surface area contributed by atoms with Gasteiger partial charge < -0.3 is 9.31 Å². The van der Waals surface area contributed by atoms with Crippen molar-refractivity contribution in [1.82, 2.24) is 0 Å². The van der Waals surface area contributed by atoms with E-state index in [9.17, 15) is 4.21 Å². The van der Waals surface area contributed by atoms with Gasteiger partial charge in [-0.25, -0.2) is 0 Å². The molecule has 1 aromatic carbocycles. The summed E-state index contributed by atoms with van der Waals surface area (Å²) in [6.45, 7) is 10.1. The maximum atomic E-state index is 11.7. The molecule has 1 saturated heterocycles. The van der Waals surface area contributed by atoms with Crippen LogP contribution in [0.1, 0.15) is 34.6 Å². The summed E-state index contributed by atoms with van der Waals surface area (Å²) in [4.78, 5) is 0.850. The zero-order chi connectivity index (χ0) is 14.3. The van der Waals surface area contributed by atoms with Gasteiger partial charge in [0.25, 0.3) is 0 Å². The minimum atomic E-state index is -0.912. The fourth-order valence-electron chi connectivity index (χ4n) is 1.92. The van der Waals surface area contributed by atoms with Crippen LogP contribution in [0.3, 0.4) is 0 Å². The van der Waals surface area contributed by atoms with E-state index in [1.165, 1.54) is 0 Å². The molecule has 1 fully saturated rings. The van der Waals surface area contributed by atoms with E-state index >= 15 is 0 Å². The van der Waals surface area contributed by atoms with Crippen LogP contribution in [-0.2, 0) is 20.1 Å². The first-order valence-corrected chi connectivity index (χ1v) is 7.93. The smallest absolute Gasteiger partial charge is 0.399 e. The summed E-state index contributed by atoms with van der Waals surface area (Å²) in [6, 6.07) is 7.65. The Morgan fingerprint density at radius 1 is 1.05 bits per heavy atom. The zero-order valence-corrected chi connectivity index (χ0v) is 13.0. The van der Waals surface area contributed by atoms with Crippen LogP contribution in [0.2, 0.25) is 0 Å². The standard InChI is InChI=1S/C14H21BO3S/c1-6-19(16)12-9-7-11(8-10-12)15-17-13(2,3)14(4,5)18-15/h7-10H,6H2,1-5H3. The molecule has 0 amide bonds. The molecule has 0 saturated carbocycles. The molecule has 3 nitrogen and oxygen atoms in total. The molecule has 0 N–H and O–H groups in total. The molecule has 1 unspecified atom stereocenters. The van der Waals surface area contributed by atoms with E-state index in [0.29, 0.717) is 5.75 Å². The quantitative estimate of drug-likeness (QED) is 0.796. The molecule has 1 aliphatic heterocycles. The molecule has 19 heavy (non-hydrogen) atoms. The molecule has 1 aliphatic rings. The Morgan fingerprint density at radius 3 is 1.95 bits per heavy atom. The average molecular weight is 280 g/mol. The van der Waals surface area contributed by atoms with Crippen LogP contribution < -0.4 is 5.46 Å². The Morgan fingerprint density at radius 2 is 1.53 bits per heavy atom. The summed E-state index contributed by atoms with van der Waals surface area (Å²) in [5.41, 5.74) is 0.307. The maximum absolute atomic E-state index is 11.7. The third-order valence-corrected chi connectivity index (χ3v) is 5.25. The molecule has 0 aliphatic carbocycles. The van der Waals surface area contributed by atoms with E-state index in [1.807, 2.05) is 58.9 Å². The van der Waals surface area contributed by atoms with E-state index in [1.54, 1.807) is 0 Å². The highest BCUT2D eigenvalue weighted by molar-refractivity contribution is 7.85. The lowest BCUT2D eigenvalue weighted by molar-refractivity contribution is 0.00578. The zero-order valence-electron chi connectivity index (χ0n) is 12.2. The normalized spacial score (nSPS) is 22.5. The van der Waals surface area contributed by atoms with E-state index in [-0.39, 0.29) is 18.3 Å². The van der Waals surface area contributed by atoms with Crippen molar-refractivity contribution in [3.05, 3.63) is 24.3 Å². The number of hydrogen-bond acceptors (Lipinski definition) is 3. The van der Waals surface area contributed by atoms with Crippen molar-refractivity contribution in [2.75, 3.05) is 5.75 Å². The molecule has 1 heterocycles. The first kappa shape index (κ1) is 14.8. The van der Waals surface area contributed by atoms with Gasteiger partial charge in [0.2, 0.25) is 0 Å². The second-order valence-corrected chi connectivity index (χ2v) is 7.53. The number of benzene rings is 1. The van der Waals surface area contributed by atoms with Gasteiger partial charge in [-0.3, -0.25) is 4.21 Å². The second-order valence-electron chi connectivity index (χ2n) is 5.79. The topological polar surface area (TPSA) is 35.5 Å². The molecule has 0 radical (unpaired) electrons. The molecule has 1 aromatic rings. The fraction of sp³-hybridized carbons (Fsp3) is 0.571. The summed E-state index contributed by atoms with van der Waals surface area (Å²) in [5, 5.41) is 0. The van der Waals surface area contributed by atoms with Gasteiger partial charge >= 0.3 is 7.12 Å². The molecule has 5 heteroatoms. The van der Waals surface area contributed by atoms with E-state index in [0.717, 1.165) is 10.4 Å². The van der Waals surface area contributed by atoms with Gasteiger partial charge in [0.15, 0.2) is 0 Å². The van der Waals surface area contributed by atoms with Crippen LogP contribution in [0.4, 0.5) is 0 Å². The first-order valence-electron chi connectivity index (χ1n) is 6.61. The van der Waals surface area contributed by atoms with E-state index in [2.05, 4.69) is 0 Å². The monoisotopic (exact) mass is 280 g/mol. The van der Waals surface area contributed by atoms with Crippen LogP contribution in [0.25, 0.3) is 0 Å².